The number of nitrogens with zero attached hydrogens (tertiary/aromatic N) is 2. The van der Waals surface area contributed by atoms with Crippen LogP contribution in [0, 0.1) is 13.8 Å². The third-order valence-electron chi connectivity index (χ3n) is 6.02. The highest BCUT2D eigenvalue weighted by Gasteiger charge is 2.26. The molecule has 1 heterocycles. The summed E-state index contributed by atoms with van der Waals surface area (Å²) in [5, 5.41) is 1.88. The number of hydrogen-bond donors (Lipinski definition) is 1. The maximum absolute atomic E-state index is 6.22. The molecule has 4 rings (SSSR count). The van der Waals surface area contributed by atoms with Crippen molar-refractivity contribution in [3.05, 3.63) is 70.4 Å². The molecule has 1 aliphatic rings. The van der Waals surface area contributed by atoms with Gasteiger partial charge in [-0.1, -0.05) is 35.4 Å². The van der Waals surface area contributed by atoms with E-state index in [1.165, 1.54) is 22.4 Å². The van der Waals surface area contributed by atoms with Gasteiger partial charge in [-0.15, -0.1) is 0 Å². The molecule has 3 aromatic rings. The Morgan fingerprint density at radius 2 is 1.82 bits per heavy atom. The average molecular weight is 394 g/mol. The van der Waals surface area contributed by atoms with Gasteiger partial charge in [0, 0.05) is 40.9 Å². The molecule has 0 aliphatic heterocycles. The summed E-state index contributed by atoms with van der Waals surface area (Å²) in [7, 11) is 0. The second kappa shape index (κ2) is 8.10. The van der Waals surface area contributed by atoms with Gasteiger partial charge in [0.2, 0.25) is 0 Å². The van der Waals surface area contributed by atoms with Crippen LogP contribution in [0.1, 0.15) is 42.4 Å². The van der Waals surface area contributed by atoms with Crippen molar-refractivity contribution in [2.45, 2.75) is 58.2 Å². The quantitative estimate of drug-likeness (QED) is 0.610. The fourth-order valence-corrected chi connectivity index (χ4v) is 4.50. The van der Waals surface area contributed by atoms with E-state index in [0.717, 1.165) is 48.2 Å². The van der Waals surface area contributed by atoms with Crippen LogP contribution in [-0.4, -0.2) is 17.1 Å². The van der Waals surface area contributed by atoms with Gasteiger partial charge < -0.3 is 10.6 Å². The van der Waals surface area contributed by atoms with E-state index in [0.29, 0.717) is 12.1 Å². The predicted molar refractivity (Wildman–Crippen MR) is 119 cm³/mol. The Morgan fingerprint density at radius 3 is 2.61 bits per heavy atom. The lowest BCUT2D eigenvalue weighted by atomic mass is 9.89. The summed E-state index contributed by atoms with van der Waals surface area (Å²) in [6.45, 7) is 5.26. The Labute approximate surface area is 172 Å². The second-order valence-corrected chi connectivity index (χ2v) is 8.55. The molecule has 0 spiro atoms. The number of benzene rings is 2. The molecule has 1 saturated carbocycles. The van der Waals surface area contributed by atoms with Crippen molar-refractivity contribution in [3.63, 3.8) is 0 Å². The van der Waals surface area contributed by atoms with Gasteiger partial charge in [0.05, 0.1) is 5.52 Å². The predicted octanol–water partition coefficient (Wildman–Crippen LogP) is 5.78. The lowest BCUT2D eigenvalue weighted by Gasteiger charge is -2.38. The highest BCUT2D eigenvalue weighted by Crippen LogP contribution is 2.34. The number of anilines is 1. The van der Waals surface area contributed by atoms with Crippen LogP contribution >= 0.6 is 11.6 Å². The average Bonchev–Trinajstić information content (AvgIpc) is 2.69. The summed E-state index contributed by atoms with van der Waals surface area (Å²) in [4.78, 5) is 7.12. The van der Waals surface area contributed by atoms with Gasteiger partial charge in [0.1, 0.15) is 0 Å². The number of rotatable bonds is 4. The first-order valence-electron chi connectivity index (χ1n) is 10.1. The van der Waals surface area contributed by atoms with E-state index in [1.54, 1.807) is 0 Å². The molecule has 0 radical (unpaired) electrons. The molecule has 0 saturated heterocycles. The molecule has 0 atom stereocenters. The standard InChI is InChI=1S/C24H28ClN3/c1-16-3-4-17(2)18(13-16)15-28(21-8-6-20(26)7-9-21)24-11-12-27-23-14-19(25)5-10-22(23)24/h3-5,10-14,20-21H,6-9,15,26H2,1-2H3. The zero-order valence-corrected chi connectivity index (χ0v) is 17.4. The Kier molecular flexibility index (Phi) is 5.56. The normalized spacial score (nSPS) is 19.7. The Hall–Kier alpha value is -2.10. The van der Waals surface area contributed by atoms with Gasteiger partial charge in [0.15, 0.2) is 0 Å². The monoisotopic (exact) mass is 393 g/mol. The lowest BCUT2D eigenvalue weighted by Crippen LogP contribution is -2.41. The van der Waals surface area contributed by atoms with Crippen LogP contribution in [0.25, 0.3) is 10.9 Å². The van der Waals surface area contributed by atoms with Crippen LogP contribution in [0.3, 0.4) is 0 Å². The third kappa shape index (κ3) is 4.01. The topological polar surface area (TPSA) is 42.2 Å². The van der Waals surface area contributed by atoms with Gasteiger partial charge in [-0.25, -0.2) is 0 Å². The maximum atomic E-state index is 6.22. The smallest absolute Gasteiger partial charge is 0.0737 e. The lowest BCUT2D eigenvalue weighted by molar-refractivity contribution is 0.374. The highest BCUT2D eigenvalue weighted by atomic mass is 35.5. The molecule has 0 unspecified atom stereocenters. The van der Waals surface area contributed by atoms with E-state index >= 15 is 0 Å². The van der Waals surface area contributed by atoms with Crippen LogP contribution in [0.15, 0.2) is 48.7 Å². The molecular formula is C24H28ClN3. The Balaban J connectivity index is 1.78. The molecule has 28 heavy (non-hydrogen) atoms. The van der Waals surface area contributed by atoms with Crippen molar-refractivity contribution in [2.24, 2.45) is 5.73 Å². The molecule has 3 nitrogen and oxygen atoms in total. The SMILES string of the molecule is Cc1ccc(C)c(CN(c2ccnc3cc(Cl)ccc23)C2CCC(N)CC2)c1. The van der Waals surface area contributed by atoms with Gasteiger partial charge in [-0.2, -0.15) is 0 Å². The summed E-state index contributed by atoms with van der Waals surface area (Å²) in [6, 6.07) is 15.7. The van der Waals surface area contributed by atoms with Gasteiger partial charge >= 0.3 is 0 Å². The maximum Gasteiger partial charge on any atom is 0.0737 e. The Bertz CT molecular complexity index is 977. The van der Waals surface area contributed by atoms with Gasteiger partial charge in [-0.05, 0) is 74.9 Å². The van der Waals surface area contributed by atoms with Crippen LogP contribution in [0.4, 0.5) is 5.69 Å². The number of halogens is 1. The number of fused-ring (bicyclic) bond motifs is 1. The number of nitrogens with two attached hydrogens (primary N) is 1. The number of aromatic nitrogens is 1. The third-order valence-corrected chi connectivity index (χ3v) is 6.25. The van der Waals surface area contributed by atoms with Crippen molar-refractivity contribution in [3.8, 4) is 0 Å². The van der Waals surface area contributed by atoms with Gasteiger partial charge in [0.25, 0.3) is 0 Å². The number of pyridine rings is 1. The highest BCUT2D eigenvalue weighted by molar-refractivity contribution is 6.31. The molecule has 1 aliphatic carbocycles. The molecule has 2 aromatic carbocycles. The molecular weight excluding hydrogens is 366 g/mol. The van der Waals surface area contributed by atoms with Crippen molar-refractivity contribution in [1.82, 2.24) is 4.98 Å². The van der Waals surface area contributed by atoms with E-state index < -0.39 is 0 Å². The largest absolute Gasteiger partial charge is 0.364 e. The van der Waals surface area contributed by atoms with Crippen molar-refractivity contribution >= 4 is 28.2 Å². The van der Waals surface area contributed by atoms with Crippen molar-refractivity contribution < 1.29 is 0 Å². The minimum Gasteiger partial charge on any atom is -0.364 e. The van der Waals surface area contributed by atoms with Crippen molar-refractivity contribution in [1.29, 1.82) is 0 Å². The molecule has 1 fully saturated rings. The van der Waals surface area contributed by atoms with Crippen LogP contribution in [0.2, 0.25) is 5.02 Å². The van der Waals surface area contributed by atoms with Crippen LogP contribution in [-0.2, 0) is 6.54 Å². The minimum absolute atomic E-state index is 0.340. The summed E-state index contributed by atoms with van der Waals surface area (Å²) >= 11 is 6.22. The Morgan fingerprint density at radius 1 is 1.04 bits per heavy atom. The minimum atomic E-state index is 0.340. The second-order valence-electron chi connectivity index (χ2n) is 8.12. The molecule has 146 valence electrons. The summed E-state index contributed by atoms with van der Waals surface area (Å²) < 4.78 is 0. The van der Waals surface area contributed by atoms with Crippen molar-refractivity contribution in [2.75, 3.05) is 4.90 Å². The number of aryl methyl sites for hydroxylation is 2. The van der Waals surface area contributed by atoms with E-state index in [4.69, 9.17) is 17.3 Å². The van der Waals surface area contributed by atoms with E-state index in [2.05, 4.69) is 54.1 Å². The zero-order valence-electron chi connectivity index (χ0n) is 16.7. The summed E-state index contributed by atoms with van der Waals surface area (Å²) in [5.41, 5.74) is 12.4. The number of hydrogen-bond acceptors (Lipinski definition) is 3. The molecule has 2 N–H and O–H groups in total. The molecule has 0 bridgehead atoms. The molecule has 0 amide bonds. The molecule has 4 heteroatoms. The molecule has 1 aromatic heterocycles. The first-order valence-corrected chi connectivity index (χ1v) is 10.5. The van der Waals surface area contributed by atoms with Crippen LogP contribution < -0.4 is 10.6 Å². The first kappa shape index (κ1) is 19.2. The first-order chi connectivity index (χ1) is 13.5. The van der Waals surface area contributed by atoms with E-state index in [9.17, 15) is 0 Å². The summed E-state index contributed by atoms with van der Waals surface area (Å²) in [5.74, 6) is 0. The van der Waals surface area contributed by atoms with Gasteiger partial charge in [-0.3, -0.25) is 4.98 Å². The van der Waals surface area contributed by atoms with E-state index in [-0.39, 0.29) is 0 Å². The van der Waals surface area contributed by atoms with E-state index in [1.807, 2.05) is 18.3 Å². The fourth-order valence-electron chi connectivity index (χ4n) is 4.33. The fraction of sp³-hybridized carbons (Fsp3) is 0.375. The summed E-state index contributed by atoms with van der Waals surface area (Å²) in [6.07, 6.45) is 6.33. The van der Waals surface area contributed by atoms with Crippen LogP contribution in [0.5, 0.6) is 0 Å². The zero-order chi connectivity index (χ0) is 19.7.